The van der Waals surface area contributed by atoms with Crippen molar-refractivity contribution >= 4 is 12.0 Å². The van der Waals surface area contributed by atoms with Crippen molar-refractivity contribution in [2.45, 2.75) is 57.6 Å². The van der Waals surface area contributed by atoms with Gasteiger partial charge in [0.25, 0.3) is 0 Å². The Bertz CT molecular complexity index is 995. The molecule has 29 heavy (non-hydrogen) atoms. The zero-order valence-corrected chi connectivity index (χ0v) is 16.9. The van der Waals surface area contributed by atoms with E-state index in [2.05, 4.69) is 15.6 Å². The fraction of sp³-hybridized carbons (Fsp3) is 0.455. The summed E-state index contributed by atoms with van der Waals surface area (Å²) in [4.78, 5) is 31.6. The van der Waals surface area contributed by atoms with E-state index in [4.69, 9.17) is 10.00 Å². The van der Waals surface area contributed by atoms with Crippen LogP contribution in [0.25, 0.3) is 0 Å². The largest absolute Gasteiger partial charge is 0.443 e. The summed E-state index contributed by atoms with van der Waals surface area (Å²) in [6, 6.07) is 9.75. The lowest BCUT2D eigenvalue weighted by Crippen LogP contribution is -2.43. The molecule has 7 nitrogen and oxygen atoms in total. The third kappa shape index (κ3) is 3.51. The maximum absolute atomic E-state index is 13.2. The lowest BCUT2D eigenvalue weighted by molar-refractivity contribution is -0.132. The van der Waals surface area contributed by atoms with Gasteiger partial charge in [0.1, 0.15) is 5.60 Å². The van der Waals surface area contributed by atoms with Crippen LogP contribution >= 0.6 is 0 Å². The fourth-order valence-electron chi connectivity index (χ4n) is 4.19. The molecule has 3 heterocycles. The number of imide groups is 1. The molecule has 2 amide bonds. The molecule has 2 aliphatic rings. The van der Waals surface area contributed by atoms with Crippen LogP contribution in [0.1, 0.15) is 68.1 Å². The molecule has 0 bridgehead atoms. The van der Waals surface area contributed by atoms with Crippen molar-refractivity contribution in [2.24, 2.45) is 0 Å². The quantitative estimate of drug-likeness (QED) is 0.741. The highest BCUT2D eigenvalue weighted by Gasteiger charge is 2.41. The van der Waals surface area contributed by atoms with Crippen molar-refractivity contribution in [3.8, 4) is 6.07 Å². The minimum absolute atomic E-state index is 0.0659. The second-order valence-corrected chi connectivity index (χ2v) is 8.58. The predicted molar refractivity (Wildman–Crippen MR) is 105 cm³/mol. The van der Waals surface area contributed by atoms with Crippen molar-refractivity contribution in [1.82, 2.24) is 14.5 Å². The summed E-state index contributed by atoms with van der Waals surface area (Å²) in [6.07, 6.45) is 3.13. The van der Waals surface area contributed by atoms with E-state index in [-0.39, 0.29) is 18.5 Å². The van der Waals surface area contributed by atoms with Gasteiger partial charge in [-0.1, -0.05) is 12.1 Å². The number of hydrogen-bond acceptors (Lipinski definition) is 5. The first kappa shape index (κ1) is 19.2. The Morgan fingerprint density at radius 1 is 1.24 bits per heavy atom. The molecule has 0 saturated carbocycles. The zero-order valence-electron chi connectivity index (χ0n) is 16.9. The number of aromatic nitrogens is 2. The molecule has 1 aromatic carbocycles. The van der Waals surface area contributed by atoms with Crippen LogP contribution in [0.5, 0.6) is 0 Å². The summed E-state index contributed by atoms with van der Waals surface area (Å²) in [7, 11) is 0. The molecule has 0 N–H and O–H groups in total. The maximum atomic E-state index is 13.2. The minimum Gasteiger partial charge on any atom is -0.443 e. The first-order valence-electron chi connectivity index (χ1n) is 9.88. The molecule has 2 aliphatic heterocycles. The summed E-state index contributed by atoms with van der Waals surface area (Å²) < 4.78 is 7.52. The molecule has 0 spiro atoms. The average Bonchev–Trinajstić information content (AvgIpc) is 3.04. The first-order chi connectivity index (χ1) is 13.8. The van der Waals surface area contributed by atoms with E-state index in [1.807, 2.05) is 24.3 Å². The van der Waals surface area contributed by atoms with Crippen molar-refractivity contribution in [3.05, 3.63) is 53.1 Å². The first-order valence-corrected chi connectivity index (χ1v) is 9.88. The van der Waals surface area contributed by atoms with Gasteiger partial charge < -0.3 is 9.30 Å². The smallest absolute Gasteiger partial charge is 0.417 e. The molecule has 0 saturated heterocycles. The standard InChI is InChI=1S/C22H24N4O3/c1-22(2,3)29-21(28)25-11-10-17-19-16(20(25)27)8-9-18(26(19)13-24-17)15-6-4-14(12-23)5-7-15/h4-7,13,16,18H,8-11H2,1-3H3. The van der Waals surface area contributed by atoms with E-state index in [1.165, 1.54) is 4.90 Å². The Morgan fingerprint density at radius 2 is 1.97 bits per heavy atom. The Balaban J connectivity index is 1.65. The lowest BCUT2D eigenvalue weighted by Gasteiger charge is -2.32. The van der Waals surface area contributed by atoms with Gasteiger partial charge in [0, 0.05) is 13.0 Å². The van der Waals surface area contributed by atoms with Gasteiger partial charge in [-0.2, -0.15) is 5.26 Å². The molecule has 4 rings (SSSR count). The highest BCUT2D eigenvalue weighted by atomic mass is 16.6. The number of ether oxygens (including phenoxy) is 1. The van der Waals surface area contributed by atoms with E-state index in [0.29, 0.717) is 18.4 Å². The van der Waals surface area contributed by atoms with Crippen LogP contribution in [0.3, 0.4) is 0 Å². The zero-order chi connectivity index (χ0) is 20.8. The Hall–Kier alpha value is -3.14. The topological polar surface area (TPSA) is 88.2 Å². The summed E-state index contributed by atoms with van der Waals surface area (Å²) in [5.74, 6) is -0.602. The number of nitriles is 1. The van der Waals surface area contributed by atoms with Crippen LogP contribution in [-0.2, 0) is 16.0 Å². The van der Waals surface area contributed by atoms with Crippen LogP contribution in [0, 0.1) is 11.3 Å². The molecule has 150 valence electrons. The third-order valence-electron chi connectivity index (χ3n) is 5.48. The van der Waals surface area contributed by atoms with E-state index < -0.39 is 17.6 Å². The van der Waals surface area contributed by atoms with Gasteiger partial charge >= 0.3 is 6.09 Å². The second-order valence-electron chi connectivity index (χ2n) is 8.58. The van der Waals surface area contributed by atoms with Crippen molar-refractivity contribution < 1.29 is 14.3 Å². The van der Waals surface area contributed by atoms with Crippen LogP contribution in [0.4, 0.5) is 4.79 Å². The summed E-state index contributed by atoms with van der Waals surface area (Å²) in [6.45, 7) is 5.65. The minimum atomic E-state index is -0.655. The monoisotopic (exact) mass is 392 g/mol. The van der Waals surface area contributed by atoms with Gasteiger partial charge in [-0.25, -0.2) is 14.7 Å². The van der Waals surface area contributed by atoms with Crippen molar-refractivity contribution in [2.75, 3.05) is 6.54 Å². The summed E-state index contributed by atoms with van der Waals surface area (Å²) >= 11 is 0. The molecule has 7 heteroatoms. The highest BCUT2D eigenvalue weighted by Crippen LogP contribution is 2.41. The van der Waals surface area contributed by atoms with Gasteiger partial charge in [-0.15, -0.1) is 0 Å². The number of imidazole rings is 1. The second kappa shape index (κ2) is 7.03. The van der Waals surface area contributed by atoms with E-state index in [0.717, 1.165) is 23.4 Å². The Labute approximate surface area is 169 Å². The molecule has 2 unspecified atom stereocenters. The number of carbonyl (C=O) groups is 2. The Kier molecular flexibility index (Phi) is 4.65. The average molecular weight is 392 g/mol. The number of nitrogens with zero attached hydrogens (tertiary/aromatic N) is 4. The van der Waals surface area contributed by atoms with Crippen LogP contribution in [0.15, 0.2) is 30.6 Å². The summed E-state index contributed by atoms with van der Waals surface area (Å²) in [5.41, 5.74) is 2.82. The summed E-state index contributed by atoms with van der Waals surface area (Å²) in [5, 5.41) is 9.03. The van der Waals surface area contributed by atoms with Gasteiger partial charge in [0.15, 0.2) is 0 Å². The molecule has 2 atom stereocenters. The van der Waals surface area contributed by atoms with Crippen LogP contribution < -0.4 is 0 Å². The number of benzene rings is 1. The van der Waals surface area contributed by atoms with Gasteiger partial charge in [-0.3, -0.25) is 4.79 Å². The predicted octanol–water partition coefficient (Wildman–Crippen LogP) is 3.54. The van der Waals surface area contributed by atoms with Gasteiger partial charge in [0.05, 0.1) is 41.3 Å². The molecule has 2 aromatic rings. The van der Waals surface area contributed by atoms with Crippen LogP contribution in [-0.4, -0.2) is 38.6 Å². The molecule has 0 radical (unpaired) electrons. The molecular formula is C22H24N4O3. The van der Waals surface area contributed by atoms with Crippen molar-refractivity contribution in [3.63, 3.8) is 0 Å². The maximum Gasteiger partial charge on any atom is 0.417 e. The van der Waals surface area contributed by atoms with Crippen LogP contribution in [0.2, 0.25) is 0 Å². The van der Waals surface area contributed by atoms with E-state index >= 15 is 0 Å². The van der Waals surface area contributed by atoms with Gasteiger partial charge in [0.2, 0.25) is 5.91 Å². The van der Waals surface area contributed by atoms with Gasteiger partial charge in [-0.05, 0) is 51.3 Å². The fourth-order valence-corrected chi connectivity index (χ4v) is 4.19. The van der Waals surface area contributed by atoms with E-state index in [9.17, 15) is 9.59 Å². The lowest BCUT2D eigenvalue weighted by atomic mass is 9.87. The number of hydrogen-bond donors (Lipinski definition) is 0. The molecule has 1 aromatic heterocycles. The number of carbonyl (C=O) groups excluding carboxylic acids is 2. The third-order valence-corrected chi connectivity index (χ3v) is 5.48. The molecule has 0 aliphatic carbocycles. The SMILES string of the molecule is CC(C)(C)OC(=O)N1CCc2ncn3c2C(CCC3c2ccc(C#N)cc2)C1=O. The van der Waals surface area contributed by atoms with E-state index in [1.54, 1.807) is 27.1 Å². The van der Waals surface area contributed by atoms with Crippen molar-refractivity contribution in [1.29, 1.82) is 5.26 Å². The normalized spacial score (nSPS) is 21.2. The Morgan fingerprint density at radius 3 is 2.62 bits per heavy atom. The number of rotatable bonds is 1. The highest BCUT2D eigenvalue weighted by molar-refractivity contribution is 5.96. The molecule has 0 fully saturated rings. The number of amides is 2. The molecular weight excluding hydrogens is 368 g/mol.